The molecule has 1 unspecified atom stereocenters. The second-order valence-corrected chi connectivity index (χ2v) is 5.78. The molecule has 0 saturated heterocycles. The van der Waals surface area contributed by atoms with Crippen LogP contribution in [0.1, 0.15) is 41.4 Å². The van der Waals surface area contributed by atoms with E-state index in [1.54, 1.807) is 0 Å². The number of rotatable bonds is 4. The van der Waals surface area contributed by atoms with Crippen molar-refractivity contribution in [3.05, 3.63) is 46.8 Å². The lowest BCUT2D eigenvalue weighted by Gasteiger charge is -2.25. The number of benzene rings is 1. The Morgan fingerprint density at radius 1 is 1.38 bits per heavy atom. The summed E-state index contributed by atoms with van der Waals surface area (Å²) in [7, 11) is 3.99. The van der Waals surface area contributed by atoms with Crippen molar-refractivity contribution in [1.29, 1.82) is 0 Å². The van der Waals surface area contributed by atoms with Crippen molar-refractivity contribution in [2.24, 2.45) is 7.05 Å². The van der Waals surface area contributed by atoms with E-state index in [1.807, 2.05) is 25.7 Å². The highest BCUT2D eigenvalue weighted by Crippen LogP contribution is 2.32. The number of fused-ring (bicyclic) bond motifs is 1. The molecule has 1 N–H and O–H groups in total. The third-order valence-electron chi connectivity index (χ3n) is 4.27. The SMILES string of the molecule is CNC1CCCc2ccc(OCc3cc(C)nn3C)cc21. The molecule has 112 valence electrons. The number of aryl methyl sites for hydroxylation is 3. The zero-order chi connectivity index (χ0) is 14.8. The molecule has 4 heteroatoms. The van der Waals surface area contributed by atoms with Crippen molar-refractivity contribution in [2.75, 3.05) is 7.05 Å². The maximum atomic E-state index is 5.96. The molecule has 0 amide bonds. The van der Waals surface area contributed by atoms with Crippen LogP contribution in [0.4, 0.5) is 0 Å². The van der Waals surface area contributed by atoms with Crippen LogP contribution in [0.2, 0.25) is 0 Å². The molecule has 0 saturated carbocycles. The molecule has 0 aliphatic heterocycles. The minimum atomic E-state index is 0.455. The van der Waals surface area contributed by atoms with Gasteiger partial charge in [0.15, 0.2) is 0 Å². The highest BCUT2D eigenvalue weighted by molar-refractivity contribution is 5.39. The Balaban J connectivity index is 1.76. The van der Waals surface area contributed by atoms with Gasteiger partial charge in [-0.1, -0.05) is 6.07 Å². The van der Waals surface area contributed by atoms with E-state index in [1.165, 1.54) is 30.4 Å². The Morgan fingerprint density at radius 2 is 2.24 bits per heavy atom. The first-order valence-electron chi connectivity index (χ1n) is 7.60. The number of hydrogen-bond acceptors (Lipinski definition) is 3. The van der Waals surface area contributed by atoms with Gasteiger partial charge in [-0.15, -0.1) is 0 Å². The fourth-order valence-electron chi connectivity index (χ4n) is 3.12. The number of aromatic nitrogens is 2. The lowest BCUT2D eigenvalue weighted by atomic mass is 9.87. The van der Waals surface area contributed by atoms with Crippen molar-refractivity contribution in [1.82, 2.24) is 15.1 Å². The van der Waals surface area contributed by atoms with E-state index in [-0.39, 0.29) is 0 Å². The van der Waals surface area contributed by atoms with E-state index >= 15 is 0 Å². The van der Waals surface area contributed by atoms with Crippen LogP contribution in [0.15, 0.2) is 24.3 Å². The molecule has 21 heavy (non-hydrogen) atoms. The first kappa shape index (κ1) is 14.1. The second kappa shape index (κ2) is 5.90. The van der Waals surface area contributed by atoms with Crippen LogP contribution in [0.25, 0.3) is 0 Å². The molecule has 1 aliphatic rings. The summed E-state index contributed by atoms with van der Waals surface area (Å²) in [6.45, 7) is 2.56. The van der Waals surface area contributed by atoms with Crippen molar-refractivity contribution in [3.63, 3.8) is 0 Å². The van der Waals surface area contributed by atoms with Gasteiger partial charge >= 0.3 is 0 Å². The largest absolute Gasteiger partial charge is 0.487 e. The third kappa shape index (κ3) is 2.95. The first-order chi connectivity index (χ1) is 10.2. The molecule has 1 aromatic carbocycles. The van der Waals surface area contributed by atoms with Crippen molar-refractivity contribution in [3.8, 4) is 5.75 Å². The molecule has 2 aromatic rings. The van der Waals surface area contributed by atoms with Crippen LogP contribution in [0.5, 0.6) is 5.75 Å². The van der Waals surface area contributed by atoms with Gasteiger partial charge in [0.25, 0.3) is 0 Å². The Kier molecular flexibility index (Phi) is 3.97. The fraction of sp³-hybridized carbons (Fsp3) is 0.471. The molecule has 4 nitrogen and oxygen atoms in total. The molecule has 0 fully saturated rings. The molecule has 1 atom stereocenters. The highest BCUT2D eigenvalue weighted by atomic mass is 16.5. The van der Waals surface area contributed by atoms with E-state index in [9.17, 15) is 0 Å². The Hall–Kier alpha value is -1.81. The summed E-state index contributed by atoms with van der Waals surface area (Å²) in [5.74, 6) is 0.940. The Labute approximate surface area is 126 Å². The van der Waals surface area contributed by atoms with Gasteiger partial charge in [-0.2, -0.15) is 5.10 Å². The maximum absolute atomic E-state index is 5.96. The molecular weight excluding hydrogens is 262 g/mol. The Morgan fingerprint density at radius 3 is 2.95 bits per heavy atom. The topological polar surface area (TPSA) is 39.1 Å². The van der Waals surface area contributed by atoms with Gasteiger partial charge in [0.1, 0.15) is 12.4 Å². The molecule has 1 aliphatic carbocycles. The van der Waals surface area contributed by atoms with Crippen molar-refractivity contribution < 1.29 is 4.74 Å². The zero-order valence-corrected chi connectivity index (χ0v) is 13.0. The average Bonchev–Trinajstić information content (AvgIpc) is 2.82. The van der Waals surface area contributed by atoms with Gasteiger partial charge in [-0.25, -0.2) is 0 Å². The normalized spacial score (nSPS) is 17.6. The summed E-state index contributed by atoms with van der Waals surface area (Å²) in [5.41, 5.74) is 4.96. The monoisotopic (exact) mass is 285 g/mol. The predicted octanol–water partition coefficient (Wildman–Crippen LogP) is 2.90. The summed E-state index contributed by atoms with van der Waals surface area (Å²) in [4.78, 5) is 0. The van der Waals surface area contributed by atoms with Gasteiger partial charge in [0.2, 0.25) is 0 Å². The summed E-state index contributed by atoms with van der Waals surface area (Å²) in [6.07, 6.45) is 3.63. The minimum absolute atomic E-state index is 0.455. The smallest absolute Gasteiger partial charge is 0.130 e. The quantitative estimate of drug-likeness (QED) is 0.939. The van der Waals surface area contributed by atoms with Crippen LogP contribution in [-0.4, -0.2) is 16.8 Å². The van der Waals surface area contributed by atoms with Gasteiger partial charge in [0.05, 0.1) is 11.4 Å². The van der Waals surface area contributed by atoms with Crippen LogP contribution < -0.4 is 10.1 Å². The summed E-state index contributed by atoms with van der Waals surface area (Å²) < 4.78 is 7.84. The average molecular weight is 285 g/mol. The van der Waals surface area contributed by atoms with Gasteiger partial charge in [0, 0.05) is 13.1 Å². The lowest BCUT2D eigenvalue weighted by molar-refractivity contribution is 0.294. The number of nitrogens with zero attached hydrogens (tertiary/aromatic N) is 2. The van der Waals surface area contributed by atoms with Gasteiger partial charge in [-0.3, -0.25) is 4.68 Å². The number of hydrogen-bond donors (Lipinski definition) is 1. The van der Waals surface area contributed by atoms with E-state index < -0.39 is 0 Å². The van der Waals surface area contributed by atoms with E-state index in [0.29, 0.717) is 12.6 Å². The summed E-state index contributed by atoms with van der Waals surface area (Å²) in [6, 6.07) is 9.01. The second-order valence-electron chi connectivity index (χ2n) is 5.78. The third-order valence-corrected chi connectivity index (χ3v) is 4.27. The summed E-state index contributed by atoms with van der Waals surface area (Å²) in [5, 5.41) is 7.75. The van der Waals surface area contributed by atoms with Crippen LogP contribution in [0, 0.1) is 6.92 Å². The predicted molar refractivity (Wildman–Crippen MR) is 83.5 cm³/mol. The van der Waals surface area contributed by atoms with Crippen molar-refractivity contribution in [2.45, 2.75) is 38.8 Å². The minimum Gasteiger partial charge on any atom is -0.487 e. The zero-order valence-electron chi connectivity index (χ0n) is 13.0. The van der Waals surface area contributed by atoms with E-state index in [4.69, 9.17) is 4.74 Å². The number of nitrogens with one attached hydrogen (secondary N) is 1. The molecule has 0 bridgehead atoms. The van der Waals surface area contributed by atoms with Gasteiger partial charge < -0.3 is 10.1 Å². The first-order valence-corrected chi connectivity index (χ1v) is 7.60. The lowest BCUT2D eigenvalue weighted by Crippen LogP contribution is -2.21. The molecule has 0 spiro atoms. The molecule has 1 heterocycles. The fourth-order valence-corrected chi connectivity index (χ4v) is 3.12. The molecule has 3 rings (SSSR count). The van der Waals surface area contributed by atoms with Crippen LogP contribution >= 0.6 is 0 Å². The van der Waals surface area contributed by atoms with Gasteiger partial charge in [-0.05, 0) is 62.6 Å². The highest BCUT2D eigenvalue weighted by Gasteiger charge is 2.19. The molecular formula is C17H23N3O. The van der Waals surface area contributed by atoms with Crippen LogP contribution in [0.3, 0.4) is 0 Å². The standard InChI is InChI=1S/C17H23N3O/c1-12-9-14(20(3)19-12)11-21-15-8-7-13-5-4-6-17(18-2)16(13)10-15/h7-10,17-18H,4-6,11H2,1-3H3. The Bertz CT molecular complexity index is 633. The molecule has 0 radical (unpaired) electrons. The maximum Gasteiger partial charge on any atom is 0.130 e. The van der Waals surface area contributed by atoms with E-state index in [0.717, 1.165) is 17.1 Å². The summed E-state index contributed by atoms with van der Waals surface area (Å²) >= 11 is 0. The molecule has 1 aromatic heterocycles. The van der Waals surface area contributed by atoms with E-state index in [2.05, 4.69) is 34.7 Å². The van der Waals surface area contributed by atoms with Crippen LogP contribution in [-0.2, 0) is 20.1 Å². The number of ether oxygens (including phenoxy) is 1. The van der Waals surface area contributed by atoms with Crippen molar-refractivity contribution >= 4 is 0 Å².